The van der Waals surface area contributed by atoms with Crippen molar-refractivity contribution in [1.82, 2.24) is 20.2 Å². The predicted octanol–water partition coefficient (Wildman–Crippen LogP) is 2.47. The standard InChI is InChI=1S/C22H26N6O2/c1-14(2)26-20-17(22(29)24-5-6-28-7-9-30-10-8-28)13-25-19-16-4-3-15(12-23)11-18(16)27-21(19)20/h3-4,11,13-14,27H,5-10H2,1-2H3,(H,24,29)(H,25,26). The molecule has 0 bridgehead atoms. The molecule has 0 saturated carbocycles. The molecule has 0 aliphatic carbocycles. The first-order chi connectivity index (χ1) is 14.6. The number of anilines is 1. The van der Waals surface area contributed by atoms with Gasteiger partial charge >= 0.3 is 0 Å². The van der Waals surface area contributed by atoms with Crippen LogP contribution in [0.4, 0.5) is 5.69 Å². The van der Waals surface area contributed by atoms with Crippen molar-refractivity contribution in [3.8, 4) is 6.07 Å². The summed E-state index contributed by atoms with van der Waals surface area (Å²) in [7, 11) is 0. The molecule has 0 radical (unpaired) electrons. The van der Waals surface area contributed by atoms with Crippen LogP contribution in [0.1, 0.15) is 29.8 Å². The third-order valence-corrected chi connectivity index (χ3v) is 5.24. The molecule has 2 aromatic heterocycles. The number of morpholine rings is 1. The Morgan fingerprint density at radius 2 is 2.17 bits per heavy atom. The van der Waals surface area contributed by atoms with Crippen molar-refractivity contribution in [2.45, 2.75) is 19.9 Å². The topological polar surface area (TPSA) is 106 Å². The average molecular weight is 406 g/mol. The molecule has 3 N–H and O–H groups in total. The van der Waals surface area contributed by atoms with Crippen LogP contribution >= 0.6 is 0 Å². The molecular formula is C22H26N6O2. The van der Waals surface area contributed by atoms with Crippen LogP contribution in [0, 0.1) is 11.3 Å². The highest BCUT2D eigenvalue weighted by Crippen LogP contribution is 2.32. The Bertz CT molecular complexity index is 1110. The molecule has 0 atom stereocenters. The van der Waals surface area contributed by atoms with E-state index >= 15 is 0 Å². The zero-order valence-corrected chi connectivity index (χ0v) is 17.3. The number of ether oxygens (including phenoxy) is 1. The Morgan fingerprint density at radius 3 is 2.90 bits per heavy atom. The zero-order valence-electron chi connectivity index (χ0n) is 17.3. The molecule has 1 saturated heterocycles. The number of pyridine rings is 1. The number of carbonyl (C=O) groups is 1. The lowest BCUT2D eigenvalue weighted by atomic mass is 10.1. The zero-order chi connectivity index (χ0) is 21.1. The summed E-state index contributed by atoms with van der Waals surface area (Å²) in [5.41, 5.74) is 4.19. The number of rotatable bonds is 6. The van der Waals surface area contributed by atoms with Crippen LogP contribution in [0.15, 0.2) is 24.4 Å². The molecule has 1 aromatic carbocycles. The van der Waals surface area contributed by atoms with Gasteiger partial charge in [-0.3, -0.25) is 14.7 Å². The number of aromatic amines is 1. The average Bonchev–Trinajstić information content (AvgIpc) is 3.12. The van der Waals surface area contributed by atoms with Gasteiger partial charge in [-0.1, -0.05) is 0 Å². The number of fused-ring (bicyclic) bond motifs is 3. The van der Waals surface area contributed by atoms with Crippen molar-refractivity contribution in [1.29, 1.82) is 5.26 Å². The summed E-state index contributed by atoms with van der Waals surface area (Å²) in [6, 6.07) is 7.76. The van der Waals surface area contributed by atoms with Crippen LogP contribution in [0.3, 0.4) is 0 Å². The van der Waals surface area contributed by atoms with Gasteiger partial charge < -0.3 is 20.4 Å². The monoisotopic (exact) mass is 406 g/mol. The van der Waals surface area contributed by atoms with Crippen LogP contribution < -0.4 is 10.6 Å². The lowest BCUT2D eigenvalue weighted by Gasteiger charge is -2.26. The number of H-pyrrole nitrogens is 1. The fourth-order valence-corrected chi connectivity index (χ4v) is 3.75. The predicted molar refractivity (Wildman–Crippen MR) is 117 cm³/mol. The number of hydrogen-bond acceptors (Lipinski definition) is 6. The Hall–Kier alpha value is -3.15. The molecule has 1 aliphatic rings. The molecule has 1 aliphatic heterocycles. The lowest BCUT2D eigenvalue weighted by molar-refractivity contribution is 0.0383. The maximum atomic E-state index is 13.0. The van der Waals surface area contributed by atoms with Crippen molar-refractivity contribution >= 4 is 33.5 Å². The Morgan fingerprint density at radius 1 is 1.37 bits per heavy atom. The molecule has 1 amide bonds. The summed E-state index contributed by atoms with van der Waals surface area (Å²) < 4.78 is 5.36. The van der Waals surface area contributed by atoms with E-state index in [1.165, 1.54) is 0 Å². The third-order valence-electron chi connectivity index (χ3n) is 5.24. The van der Waals surface area contributed by atoms with Crippen LogP contribution in [0.5, 0.6) is 0 Å². The molecule has 4 rings (SSSR count). The minimum Gasteiger partial charge on any atom is -0.380 e. The minimum absolute atomic E-state index is 0.136. The summed E-state index contributed by atoms with van der Waals surface area (Å²) in [5, 5.41) is 16.5. The van der Waals surface area contributed by atoms with Crippen molar-refractivity contribution in [3.63, 3.8) is 0 Å². The summed E-state index contributed by atoms with van der Waals surface area (Å²) in [5.74, 6) is -0.155. The SMILES string of the molecule is CC(C)Nc1c(C(=O)NCCN2CCOCC2)cnc2c1[nH]c1cc(C#N)ccc12. The highest BCUT2D eigenvalue weighted by molar-refractivity contribution is 6.13. The molecule has 8 heteroatoms. The van der Waals surface area contributed by atoms with Crippen LogP contribution in [0.25, 0.3) is 21.9 Å². The summed E-state index contributed by atoms with van der Waals surface area (Å²) in [6.07, 6.45) is 1.63. The van der Waals surface area contributed by atoms with E-state index in [0.717, 1.165) is 60.5 Å². The molecule has 3 heterocycles. The largest absolute Gasteiger partial charge is 0.380 e. The van der Waals surface area contributed by atoms with E-state index in [1.54, 1.807) is 18.3 Å². The molecule has 0 spiro atoms. The van der Waals surface area contributed by atoms with Crippen molar-refractivity contribution < 1.29 is 9.53 Å². The van der Waals surface area contributed by atoms with E-state index in [2.05, 4.69) is 31.6 Å². The molecule has 3 aromatic rings. The van der Waals surface area contributed by atoms with Crippen molar-refractivity contribution in [2.24, 2.45) is 0 Å². The number of benzene rings is 1. The molecule has 156 valence electrons. The highest BCUT2D eigenvalue weighted by Gasteiger charge is 2.19. The Balaban J connectivity index is 1.63. The van der Waals surface area contributed by atoms with E-state index in [1.807, 2.05) is 19.9 Å². The first-order valence-electron chi connectivity index (χ1n) is 10.3. The molecule has 0 unspecified atom stereocenters. The van der Waals surface area contributed by atoms with E-state index in [0.29, 0.717) is 17.7 Å². The van der Waals surface area contributed by atoms with Crippen molar-refractivity contribution in [2.75, 3.05) is 44.7 Å². The number of nitrogens with zero attached hydrogens (tertiary/aromatic N) is 3. The first-order valence-corrected chi connectivity index (χ1v) is 10.3. The van der Waals surface area contributed by atoms with E-state index in [4.69, 9.17) is 4.74 Å². The van der Waals surface area contributed by atoms with Gasteiger partial charge in [0.2, 0.25) is 0 Å². The minimum atomic E-state index is -0.155. The second kappa shape index (κ2) is 8.69. The Labute approximate surface area is 175 Å². The maximum Gasteiger partial charge on any atom is 0.255 e. The van der Waals surface area contributed by atoms with Crippen molar-refractivity contribution in [3.05, 3.63) is 35.5 Å². The van der Waals surface area contributed by atoms with Crippen LogP contribution in [-0.4, -0.2) is 66.2 Å². The first kappa shape index (κ1) is 20.1. The fraction of sp³-hybridized carbons (Fsp3) is 0.409. The molecular weight excluding hydrogens is 380 g/mol. The third kappa shape index (κ3) is 4.08. The molecule has 1 fully saturated rings. The maximum absolute atomic E-state index is 13.0. The lowest BCUT2D eigenvalue weighted by Crippen LogP contribution is -2.41. The summed E-state index contributed by atoms with van der Waals surface area (Å²) in [6.45, 7) is 8.69. The number of aromatic nitrogens is 2. The van der Waals surface area contributed by atoms with Gasteiger partial charge in [-0.15, -0.1) is 0 Å². The summed E-state index contributed by atoms with van der Waals surface area (Å²) >= 11 is 0. The normalized spacial score (nSPS) is 14.9. The number of carbonyl (C=O) groups excluding carboxylic acids is 1. The quantitative estimate of drug-likeness (QED) is 0.581. The smallest absolute Gasteiger partial charge is 0.255 e. The molecule has 30 heavy (non-hydrogen) atoms. The van der Waals surface area contributed by atoms with E-state index < -0.39 is 0 Å². The van der Waals surface area contributed by atoms with Gasteiger partial charge in [-0.25, -0.2) is 0 Å². The second-order valence-electron chi connectivity index (χ2n) is 7.78. The van der Waals surface area contributed by atoms with Gasteiger partial charge in [-0.05, 0) is 32.0 Å². The van der Waals surface area contributed by atoms with E-state index in [9.17, 15) is 10.1 Å². The number of nitriles is 1. The second-order valence-corrected chi connectivity index (χ2v) is 7.78. The van der Waals surface area contributed by atoms with Crippen LogP contribution in [-0.2, 0) is 4.74 Å². The summed E-state index contributed by atoms with van der Waals surface area (Å²) in [4.78, 5) is 23.2. The van der Waals surface area contributed by atoms with Crippen LogP contribution in [0.2, 0.25) is 0 Å². The molecule has 8 nitrogen and oxygen atoms in total. The number of amides is 1. The number of nitrogens with one attached hydrogen (secondary N) is 3. The van der Waals surface area contributed by atoms with Gasteiger partial charge in [-0.2, -0.15) is 5.26 Å². The van der Waals surface area contributed by atoms with Gasteiger partial charge in [0.05, 0.1) is 47.1 Å². The fourth-order valence-electron chi connectivity index (χ4n) is 3.75. The highest BCUT2D eigenvalue weighted by atomic mass is 16.5. The van der Waals surface area contributed by atoms with Gasteiger partial charge in [0, 0.05) is 49.3 Å². The number of hydrogen-bond donors (Lipinski definition) is 3. The van der Waals surface area contributed by atoms with E-state index in [-0.39, 0.29) is 11.9 Å². The van der Waals surface area contributed by atoms with Gasteiger partial charge in [0.1, 0.15) is 0 Å². The Kier molecular flexibility index (Phi) is 5.84. The van der Waals surface area contributed by atoms with Gasteiger partial charge in [0.15, 0.2) is 0 Å². The van der Waals surface area contributed by atoms with Gasteiger partial charge in [0.25, 0.3) is 5.91 Å².